The summed E-state index contributed by atoms with van der Waals surface area (Å²) in [6.07, 6.45) is 0.787. The van der Waals surface area contributed by atoms with Gasteiger partial charge in [0.15, 0.2) is 5.82 Å². The smallest absolute Gasteiger partial charge is 0.438 e. The minimum atomic E-state index is -0.593. The van der Waals surface area contributed by atoms with E-state index in [1.807, 2.05) is 24.3 Å². The molecule has 0 radical (unpaired) electrons. The number of methoxy groups -OCH3 is 1. The van der Waals surface area contributed by atoms with E-state index in [1.165, 1.54) is 13.2 Å². The Morgan fingerprint density at radius 1 is 1.19 bits per heavy atom. The lowest BCUT2D eigenvalue weighted by Crippen LogP contribution is -2.09. The number of aromatic amines is 1. The molecule has 0 fully saturated rings. The van der Waals surface area contributed by atoms with E-state index < -0.39 is 5.76 Å². The van der Waals surface area contributed by atoms with Gasteiger partial charge in [0, 0.05) is 35.2 Å². The van der Waals surface area contributed by atoms with Crippen molar-refractivity contribution >= 4 is 17.4 Å². The molecule has 0 saturated heterocycles. The molecule has 0 aliphatic carbocycles. The summed E-state index contributed by atoms with van der Waals surface area (Å²) in [6, 6.07) is 14.2. The highest BCUT2D eigenvalue weighted by molar-refractivity contribution is 6.31. The van der Waals surface area contributed by atoms with E-state index in [2.05, 4.69) is 29.9 Å². The van der Waals surface area contributed by atoms with Gasteiger partial charge >= 0.3 is 11.8 Å². The zero-order valence-corrected chi connectivity index (χ0v) is 17.8. The van der Waals surface area contributed by atoms with Gasteiger partial charge in [-0.3, -0.25) is 9.51 Å². The Balaban J connectivity index is 1.53. The van der Waals surface area contributed by atoms with Crippen molar-refractivity contribution in [2.75, 3.05) is 19.0 Å². The third-order valence-electron chi connectivity index (χ3n) is 4.71. The van der Waals surface area contributed by atoms with Crippen molar-refractivity contribution in [3.8, 4) is 17.3 Å². The first-order valence-electron chi connectivity index (χ1n) is 9.76. The predicted molar refractivity (Wildman–Crippen MR) is 118 cm³/mol. The first kappa shape index (κ1) is 21.5. The van der Waals surface area contributed by atoms with Gasteiger partial charge in [0.25, 0.3) is 0 Å². The molecule has 10 heteroatoms. The molecular formula is C22H19ClFN5O3. The second-order valence-electron chi connectivity index (χ2n) is 6.92. The fourth-order valence-electron chi connectivity index (χ4n) is 3.21. The zero-order valence-electron chi connectivity index (χ0n) is 17.1. The van der Waals surface area contributed by atoms with Gasteiger partial charge in [-0.2, -0.15) is 9.97 Å². The lowest BCUT2D eigenvalue weighted by Gasteiger charge is -2.11. The maximum atomic E-state index is 14.0. The van der Waals surface area contributed by atoms with Gasteiger partial charge in [-0.15, -0.1) is 0 Å². The Labute approximate surface area is 187 Å². The number of ether oxygens (including phenoxy) is 1. The quantitative estimate of drug-likeness (QED) is 0.415. The van der Waals surface area contributed by atoms with E-state index in [1.54, 1.807) is 18.2 Å². The molecule has 2 N–H and O–H groups in total. The maximum Gasteiger partial charge on any atom is 0.438 e. The van der Waals surface area contributed by atoms with Gasteiger partial charge in [0.1, 0.15) is 11.6 Å². The minimum absolute atomic E-state index is 0.195. The summed E-state index contributed by atoms with van der Waals surface area (Å²) in [6.45, 7) is 0.416. The summed E-state index contributed by atoms with van der Waals surface area (Å²) >= 11 is 6.10. The van der Waals surface area contributed by atoms with Crippen molar-refractivity contribution in [3.05, 3.63) is 86.9 Å². The molecule has 164 valence electrons. The summed E-state index contributed by atoms with van der Waals surface area (Å²) in [4.78, 5) is 22.4. The topological polar surface area (TPSA) is 106 Å². The van der Waals surface area contributed by atoms with E-state index in [0.29, 0.717) is 47.3 Å². The summed E-state index contributed by atoms with van der Waals surface area (Å²) in [5.74, 6) is 0.0294. The van der Waals surface area contributed by atoms with E-state index in [4.69, 9.17) is 16.3 Å². The number of hydrogen-bond donors (Lipinski definition) is 2. The molecular weight excluding hydrogens is 437 g/mol. The molecule has 4 rings (SSSR count). The lowest BCUT2D eigenvalue weighted by atomic mass is 10.1. The monoisotopic (exact) mass is 455 g/mol. The summed E-state index contributed by atoms with van der Waals surface area (Å²) < 4.78 is 23.8. The molecule has 2 aromatic heterocycles. The van der Waals surface area contributed by atoms with E-state index in [0.717, 1.165) is 11.1 Å². The van der Waals surface area contributed by atoms with Crippen molar-refractivity contribution in [3.63, 3.8) is 0 Å². The van der Waals surface area contributed by atoms with Crippen LogP contribution < -0.4 is 15.8 Å². The van der Waals surface area contributed by atoms with E-state index in [9.17, 15) is 9.18 Å². The number of anilines is 1. The second-order valence-corrected chi connectivity index (χ2v) is 7.33. The predicted octanol–water partition coefficient (Wildman–Crippen LogP) is 3.87. The van der Waals surface area contributed by atoms with Gasteiger partial charge in [0.05, 0.1) is 12.8 Å². The number of rotatable bonds is 8. The highest BCUT2D eigenvalue weighted by Gasteiger charge is 2.11. The standard InChI is InChI=1S/C22H19ClFN5O3/c1-31-21-26-18(14-5-2-4-13(10-14)11-20-28-22(30)32-29-20)12-19(27-21)25-9-8-15-16(23)6-3-7-17(15)24/h2-7,10,12H,8-9,11H2,1H3,(H,25,26,27)(H,28,29,30). The third-order valence-corrected chi connectivity index (χ3v) is 5.06. The highest BCUT2D eigenvalue weighted by Crippen LogP contribution is 2.24. The van der Waals surface area contributed by atoms with Crippen LogP contribution in [0.2, 0.25) is 5.02 Å². The van der Waals surface area contributed by atoms with Crippen LogP contribution >= 0.6 is 11.6 Å². The summed E-state index contributed by atoms with van der Waals surface area (Å²) in [5, 5.41) is 7.25. The molecule has 0 amide bonds. The number of aromatic nitrogens is 4. The molecule has 0 aliphatic rings. The fourth-order valence-corrected chi connectivity index (χ4v) is 3.47. The van der Waals surface area contributed by atoms with E-state index in [-0.39, 0.29) is 11.8 Å². The molecule has 0 spiro atoms. The van der Waals surface area contributed by atoms with Crippen molar-refractivity contribution in [2.24, 2.45) is 0 Å². The van der Waals surface area contributed by atoms with Crippen molar-refractivity contribution in [1.29, 1.82) is 0 Å². The van der Waals surface area contributed by atoms with Crippen LogP contribution in [0.4, 0.5) is 10.2 Å². The van der Waals surface area contributed by atoms with Crippen LogP contribution in [0, 0.1) is 5.82 Å². The Kier molecular flexibility index (Phi) is 6.46. The first-order valence-corrected chi connectivity index (χ1v) is 10.1. The summed E-state index contributed by atoms with van der Waals surface area (Å²) in [5.41, 5.74) is 2.82. The van der Waals surface area contributed by atoms with Crippen LogP contribution in [0.5, 0.6) is 6.01 Å². The molecule has 8 nitrogen and oxygen atoms in total. The minimum Gasteiger partial charge on any atom is -0.467 e. The Morgan fingerprint density at radius 3 is 2.78 bits per heavy atom. The number of nitrogens with one attached hydrogen (secondary N) is 2. The lowest BCUT2D eigenvalue weighted by molar-refractivity contribution is 0.381. The second kappa shape index (κ2) is 9.61. The Morgan fingerprint density at radius 2 is 2.03 bits per heavy atom. The molecule has 0 saturated carbocycles. The van der Waals surface area contributed by atoms with Crippen LogP contribution in [-0.2, 0) is 12.8 Å². The average molecular weight is 456 g/mol. The largest absolute Gasteiger partial charge is 0.467 e. The third kappa shape index (κ3) is 5.12. The molecule has 0 atom stereocenters. The number of benzene rings is 2. The highest BCUT2D eigenvalue weighted by atomic mass is 35.5. The molecule has 32 heavy (non-hydrogen) atoms. The number of H-pyrrole nitrogens is 1. The maximum absolute atomic E-state index is 14.0. The van der Waals surface area contributed by atoms with E-state index >= 15 is 0 Å². The van der Waals surface area contributed by atoms with Gasteiger partial charge in [0.2, 0.25) is 0 Å². The van der Waals surface area contributed by atoms with Crippen molar-refractivity contribution in [1.82, 2.24) is 20.1 Å². The normalized spacial score (nSPS) is 10.8. The Hall–Kier alpha value is -3.72. The van der Waals surface area contributed by atoms with Crippen LogP contribution in [0.3, 0.4) is 0 Å². The SMILES string of the molecule is COc1nc(NCCc2c(F)cccc2Cl)cc(-c2cccc(Cc3noc(=O)[nH]3)c2)n1. The van der Waals surface area contributed by atoms with Gasteiger partial charge in [-0.25, -0.2) is 9.18 Å². The number of halogens is 2. The fraction of sp³-hybridized carbons (Fsp3) is 0.182. The number of hydrogen-bond acceptors (Lipinski definition) is 7. The average Bonchev–Trinajstić information content (AvgIpc) is 3.20. The van der Waals surface area contributed by atoms with Crippen LogP contribution in [0.1, 0.15) is 17.0 Å². The van der Waals surface area contributed by atoms with Gasteiger partial charge < -0.3 is 10.1 Å². The Bertz CT molecular complexity index is 1270. The molecule has 0 bridgehead atoms. The van der Waals surface area contributed by atoms with Crippen LogP contribution in [-0.4, -0.2) is 33.8 Å². The molecule has 0 aliphatic heterocycles. The first-order chi connectivity index (χ1) is 15.5. The summed E-state index contributed by atoms with van der Waals surface area (Å²) in [7, 11) is 1.49. The van der Waals surface area contributed by atoms with Gasteiger partial charge in [-0.05, 0) is 30.2 Å². The molecule has 4 aromatic rings. The van der Waals surface area contributed by atoms with Gasteiger partial charge in [-0.1, -0.05) is 41.0 Å². The molecule has 2 aromatic carbocycles. The van der Waals surface area contributed by atoms with Crippen LogP contribution in [0.15, 0.2) is 57.8 Å². The molecule has 2 heterocycles. The zero-order chi connectivity index (χ0) is 22.5. The van der Waals surface area contributed by atoms with Crippen molar-refractivity contribution < 1.29 is 13.7 Å². The number of nitrogens with zero attached hydrogens (tertiary/aromatic N) is 3. The molecule has 0 unspecified atom stereocenters. The van der Waals surface area contributed by atoms with Crippen LogP contribution in [0.25, 0.3) is 11.3 Å². The van der Waals surface area contributed by atoms with Crippen molar-refractivity contribution in [2.45, 2.75) is 12.8 Å².